The molecule has 0 aliphatic carbocycles. The van der Waals surface area contributed by atoms with Crippen LogP contribution in [-0.4, -0.2) is 29.0 Å². The summed E-state index contributed by atoms with van der Waals surface area (Å²) in [4.78, 5) is 28.4. The van der Waals surface area contributed by atoms with Crippen LogP contribution in [0.5, 0.6) is 0 Å². The molecule has 0 fully saturated rings. The molecule has 0 spiro atoms. The number of likely N-dealkylation sites (N-methyl/N-ethyl adjacent to an activating group) is 1. The molecular formula is C18H22N2O4. The number of nitrogens with zero attached hydrogens (tertiary/aromatic N) is 2. The van der Waals surface area contributed by atoms with E-state index in [2.05, 4.69) is 4.98 Å². The molecule has 0 atom stereocenters. The van der Waals surface area contributed by atoms with E-state index in [1.807, 2.05) is 34.6 Å². The predicted molar refractivity (Wildman–Crippen MR) is 91.4 cm³/mol. The Hall–Kier alpha value is -2.63. The van der Waals surface area contributed by atoms with Gasteiger partial charge in [-0.15, -0.1) is 0 Å². The van der Waals surface area contributed by atoms with Gasteiger partial charge in [-0.05, 0) is 56.9 Å². The zero-order chi connectivity index (χ0) is 18.3. The molecule has 0 bridgehead atoms. The minimum atomic E-state index is -1.47. The van der Waals surface area contributed by atoms with E-state index in [9.17, 15) is 9.59 Å². The molecule has 128 valence electrons. The molecule has 0 aliphatic heterocycles. The Morgan fingerprint density at radius 3 is 1.83 bits per heavy atom. The molecule has 1 aromatic carbocycles. The number of carboxylic acid groups (broad SMARTS) is 1. The SMILES string of the molecule is Cc1nc(C)c(-c2c(C)c(C)c(N(C)C(=O)C(=O)O)c(C)c2C)o1. The lowest BCUT2D eigenvalue weighted by atomic mass is 9.89. The normalized spacial score (nSPS) is 10.8. The van der Waals surface area contributed by atoms with Crippen LogP contribution >= 0.6 is 0 Å². The van der Waals surface area contributed by atoms with E-state index in [4.69, 9.17) is 9.52 Å². The second-order valence-electron chi connectivity index (χ2n) is 6.04. The molecule has 1 amide bonds. The van der Waals surface area contributed by atoms with E-state index in [1.165, 1.54) is 11.9 Å². The summed E-state index contributed by atoms with van der Waals surface area (Å²) in [5.74, 6) is -1.12. The highest BCUT2D eigenvalue weighted by Crippen LogP contribution is 2.39. The average molecular weight is 330 g/mol. The first-order valence-electron chi connectivity index (χ1n) is 7.63. The fraction of sp³-hybridized carbons (Fsp3) is 0.389. The molecule has 0 radical (unpaired) electrons. The third kappa shape index (κ3) is 2.68. The average Bonchev–Trinajstić information content (AvgIpc) is 2.83. The van der Waals surface area contributed by atoms with Crippen molar-refractivity contribution < 1.29 is 19.1 Å². The van der Waals surface area contributed by atoms with Gasteiger partial charge in [0.15, 0.2) is 11.7 Å². The van der Waals surface area contributed by atoms with Gasteiger partial charge in [0.2, 0.25) is 0 Å². The van der Waals surface area contributed by atoms with Crippen LogP contribution in [-0.2, 0) is 9.59 Å². The lowest BCUT2D eigenvalue weighted by Crippen LogP contribution is -2.34. The van der Waals surface area contributed by atoms with Crippen LogP contribution in [0.2, 0.25) is 0 Å². The lowest BCUT2D eigenvalue weighted by Gasteiger charge is -2.25. The molecule has 1 N–H and O–H groups in total. The van der Waals surface area contributed by atoms with Gasteiger partial charge in [-0.1, -0.05) is 0 Å². The lowest BCUT2D eigenvalue weighted by molar-refractivity contribution is -0.148. The molecule has 6 heteroatoms. The molecule has 0 saturated carbocycles. The van der Waals surface area contributed by atoms with Gasteiger partial charge in [0, 0.05) is 19.5 Å². The number of aryl methyl sites for hydroxylation is 2. The van der Waals surface area contributed by atoms with Crippen molar-refractivity contribution in [2.24, 2.45) is 0 Å². The number of carbonyl (C=O) groups excluding carboxylic acids is 1. The maximum atomic E-state index is 11.9. The molecule has 0 unspecified atom stereocenters. The number of carbonyl (C=O) groups is 2. The summed E-state index contributed by atoms with van der Waals surface area (Å²) in [5.41, 5.74) is 5.95. The molecule has 24 heavy (non-hydrogen) atoms. The number of oxazole rings is 1. The number of carboxylic acids is 1. The number of amides is 1. The van der Waals surface area contributed by atoms with Crippen LogP contribution in [0.15, 0.2) is 4.42 Å². The van der Waals surface area contributed by atoms with Gasteiger partial charge in [-0.25, -0.2) is 9.78 Å². The Kier molecular flexibility index (Phi) is 4.51. The van der Waals surface area contributed by atoms with Crippen LogP contribution in [0.4, 0.5) is 5.69 Å². The second-order valence-corrected chi connectivity index (χ2v) is 6.04. The Bertz CT molecular complexity index is 820. The van der Waals surface area contributed by atoms with Crippen LogP contribution in [0.1, 0.15) is 33.8 Å². The Labute approximate surface area is 141 Å². The summed E-state index contributed by atoms with van der Waals surface area (Å²) in [7, 11) is 1.48. The van der Waals surface area contributed by atoms with Crippen LogP contribution in [0.25, 0.3) is 11.3 Å². The van der Waals surface area contributed by atoms with Crippen molar-refractivity contribution in [3.63, 3.8) is 0 Å². The summed E-state index contributed by atoms with van der Waals surface area (Å²) in [5, 5.41) is 8.99. The number of hydrogen-bond acceptors (Lipinski definition) is 4. The summed E-state index contributed by atoms with van der Waals surface area (Å²) in [6.45, 7) is 11.3. The summed E-state index contributed by atoms with van der Waals surface area (Å²) >= 11 is 0. The number of aromatic nitrogens is 1. The van der Waals surface area contributed by atoms with Gasteiger partial charge in [-0.3, -0.25) is 4.79 Å². The molecule has 1 aromatic heterocycles. The molecule has 1 heterocycles. The zero-order valence-corrected chi connectivity index (χ0v) is 15.1. The molecule has 6 nitrogen and oxygen atoms in total. The molecular weight excluding hydrogens is 308 g/mol. The number of hydrogen-bond donors (Lipinski definition) is 1. The maximum absolute atomic E-state index is 11.9. The van der Waals surface area contributed by atoms with Crippen molar-refractivity contribution in [3.8, 4) is 11.3 Å². The van der Waals surface area contributed by atoms with Crippen LogP contribution < -0.4 is 4.90 Å². The van der Waals surface area contributed by atoms with Crippen molar-refractivity contribution in [2.75, 3.05) is 11.9 Å². The quantitative estimate of drug-likeness (QED) is 0.855. The van der Waals surface area contributed by atoms with Gasteiger partial charge in [0.05, 0.1) is 11.4 Å². The van der Waals surface area contributed by atoms with E-state index < -0.39 is 11.9 Å². The van der Waals surface area contributed by atoms with Crippen molar-refractivity contribution in [2.45, 2.75) is 41.5 Å². The summed E-state index contributed by atoms with van der Waals surface area (Å²) in [6.07, 6.45) is 0. The minimum Gasteiger partial charge on any atom is -0.474 e. The Balaban J connectivity index is 2.75. The van der Waals surface area contributed by atoms with Crippen molar-refractivity contribution in [1.82, 2.24) is 4.98 Å². The Morgan fingerprint density at radius 1 is 0.958 bits per heavy atom. The highest BCUT2D eigenvalue weighted by molar-refractivity contribution is 6.37. The largest absolute Gasteiger partial charge is 0.474 e. The van der Waals surface area contributed by atoms with E-state index in [0.717, 1.165) is 33.5 Å². The smallest absolute Gasteiger partial charge is 0.394 e. The maximum Gasteiger partial charge on any atom is 0.394 e. The van der Waals surface area contributed by atoms with Crippen molar-refractivity contribution in [1.29, 1.82) is 0 Å². The minimum absolute atomic E-state index is 0.596. The van der Waals surface area contributed by atoms with Crippen LogP contribution in [0.3, 0.4) is 0 Å². The van der Waals surface area contributed by atoms with Crippen LogP contribution in [0, 0.1) is 41.5 Å². The van der Waals surface area contributed by atoms with Gasteiger partial charge in [-0.2, -0.15) is 0 Å². The highest BCUT2D eigenvalue weighted by atomic mass is 16.4. The van der Waals surface area contributed by atoms with E-state index in [0.29, 0.717) is 17.3 Å². The van der Waals surface area contributed by atoms with Gasteiger partial charge in [0.25, 0.3) is 0 Å². The fourth-order valence-corrected chi connectivity index (χ4v) is 3.14. The van der Waals surface area contributed by atoms with Gasteiger partial charge >= 0.3 is 11.9 Å². The molecule has 2 aromatic rings. The third-order valence-electron chi connectivity index (χ3n) is 4.54. The fourth-order valence-electron chi connectivity index (χ4n) is 3.14. The number of rotatable bonds is 2. The second kappa shape index (κ2) is 6.11. The summed E-state index contributed by atoms with van der Waals surface area (Å²) in [6, 6.07) is 0. The van der Waals surface area contributed by atoms with E-state index in [-0.39, 0.29) is 0 Å². The van der Waals surface area contributed by atoms with E-state index >= 15 is 0 Å². The topological polar surface area (TPSA) is 83.6 Å². The number of aliphatic carboxylic acids is 1. The zero-order valence-electron chi connectivity index (χ0n) is 15.1. The third-order valence-corrected chi connectivity index (χ3v) is 4.54. The van der Waals surface area contributed by atoms with Gasteiger partial charge < -0.3 is 14.4 Å². The number of benzene rings is 1. The monoisotopic (exact) mass is 330 g/mol. The van der Waals surface area contributed by atoms with E-state index in [1.54, 1.807) is 6.92 Å². The standard InChI is InChI=1S/C18H22N2O4/c1-8-10(3)15(20(7)17(21)18(22)23)11(4)9(2)14(8)16-12(5)19-13(6)24-16/h1-7H3,(H,22,23). The molecule has 0 saturated heterocycles. The molecule has 0 aliphatic rings. The Morgan fingerprint density at radius 2 is 1.46 bits per heavy atom. The predicted octanol–water partition coefficient (Wildman–Crippen LogP) is 3.24. The first-order valence-corrected chi connectivity index (χ1v) is 7.63. The summed E-state index contributed by atoms with van der Waals surface area (Å²) < 4.78 is 5.77. The molecule has 2 rings (SSSR count). The van der Waals surface area contributed by atoms with Crippen molar-refractivity contribution >= 4 is 17.6 Å². The number of anilines is 1. The highest BCUT2D eigenvalue weighted by Gasteiger charge is 2.26. The van der Waals surface area contributed by atoms with Crippen molar-refractivity contribution in [3.05, 3.63) is 33.8 Å². The first-order chi connectivity index (χ1) is 11.1. The first kappa shape index (κ1) is 17.7. The van der Waals surface area contributed by atoms with Gasteiger partial charge in [0.1, 0.15) is 0 Å².